The molecule has 0 aromatic heterocycles. The third-order valence-corrected chi connectivity index (χ3v) is 3.52. The highest BCUT2D eigenvalue weighted by Crippen LogP contribution is 2.30. The molecule has 132 valence electrons. The first-order valence-electron chi connectivity index (χ1n) is 7.29. The second kappa shape index (κ2) is 7.86. The van der Waals surface area contributed by atoms with Crippen LogP contribution in [0.15, 0.2) is 18.2 Å². The number of alkyl halides is 2. The molecule has 1 saturated heterocycles. The quantitative estimate of drug-likeness (QED) is 0.609. The van der Waals surface area contributed by atoms with E-state index in [0.717, 1.165) is 31.0 Å². The molecule has 1 aliphatic rings. The van der Waals surface area contributed by atoms with E-state index < -0.39 is 17.6 Å². The number of hydrogen-bond acceptors (Lipinski definition) is 5. The van der Waals surface area contributed by atoms with Crippen LogP contribution in [0.4, 0.5) is 25.0 Å². The molecule has 1 aromatic rings. The lowest BCUT2D eigenvalue weighted by atomic mass is 10.1. The summed E-state index contributed by atoms with van der Waals surface area (Å²) in [5, 5.41) is 15.7. The fraction of sp³-hybridized carbons (Fsp3) is 0.500. The van der Waals surface area contributed by atoms with Gasteiger partial charge in [0.15, 0.2) is 0 Å². The fourth-order valence-electron chi connectivity index (χ4n) is 2.38. The number of nitrogens with zero attached hydrogens (tertiary/aromatic N) is 1. The van der Waals surface area contributed by atoms with E-state index in [0.29, 0.717) is 6.61 Å². The molecule has 0 bridgehead atoms. The summed E-state index contributed by atoms with van der Waals surface area (Å²) in [6, 6.07) is 1.97. The average molecular weight is 345 g/mol. The van der Waals surface area contributed by atoms with Gasteiger partial charge in [-0.2, -0.15) is 8.78 Å². The summed E-state index contributed by atoms with van der Waals surface area (Å²) < 4.78 is 34.5. The van der Waals surface area contributed by atoms with Crippen molar-refractivity contribution in [1.29, 1.82) is 0 Å². The maximum absolute atomic E-state index is 12.4. The normalized spacial score (nSPS) is 18.2. The van der Waals surface area contributed by atoms with Crippen LogP contribution >= 0.6 is 0 Å². The van der Waals surface area contributed by atoms with Gasteiger partial charge in [-0.1, -0.05) is 0 Å². The van der Waals surface area contributed by atoms with Gasteiger partial charge in [0, 0.05) is 18.7 Å². The third-order valence-electron chi connectivity index (χ3n) is 3.52. The number of nitro benzene ring substituents is 1. The molecule has 2 amide bonds. The predicted molar refractivity (Wildman–Crippen MR) is 80.3 cm³/mol. The Balaban J connectivity index is 2.08. The van der Waals surface area contributed by atoms with Crippen molar-refractivity contribution in [2.45, 2.75) is 38.5 Å². The Bertz CT molecular complexity index is 608. The molecule has 24 heavy (non-hydrogen) atoms. The van der Waals surface area contributed by atoms with E-state index >= 15 is 0 Å². The van der Waals surface area contributed by atoms with Crippen molar-refractivity contribution in [1.82, 2.24) is 5.32 Å². The van der Waals surface area contributed by atoms with Crippen molar-refractivity contribution in [2.24, 2.45) is 0 Å². The smallest absolute Gasteiger partial charge is 0.387 e. The summed E-state index contributed by atoms with van der Waals surface area (Å²) in [4.78, 5) is 22.1. The molecule has 0 unspecified atom stereocenters. The van der Waals surface area contributed by atoms with Gasteiger partial charge < -0.3 is 20.1 Å². The lowest BCUT2D eigenvalue weighted by Crippen LogP contribution is -2.43. The van der Waals surface area contributed by atoms with Gasteiger partial charge in [0.1, 0.15) is 5.75 Å². The molecular formula is C14H17F2N3O5. The van der Waals surface area contributed by atoms with E-state index in [4.69, 9.17) is 4.74 Å². The molecule has 10 heteroatoms. The highest BCUT2D eigenvalue weighted by atomic mass is 19.3. The zero-order chi connectivity index (χ0) is 17.7. The van der Waals surface area contributed by atoms with E-state index in [1.165, 1.54) is 0 Å². The summed E-state index contributed by atoms with van der Waals surface area (Å²) in [6.45, 7) is -0.754. The Morgan fingerprint density at radius 1 is 1.50 bits per heavy atom. The molecular weight excluding hydrogens is 328 g/mol. The van der Waals surface area contributed by atoms with Crippen molar-refractivity contribution >= 4 is 17.4 Å². The molecule has 1 aromatic carbocycles. The number of nitrogens with one attached hydrogen (secondary N) is 2. The van der Waals surface area contributed by atoms with Crippen LogP contribution in [0.5, 0.6) is 5.75 Å². The van der Waals surface area contributed by atoms with E-state index in [1.807, 2.05) is 0 Å². The van der Waals surface area contributed by atoms with Crippen molar-refractivity contribution in [3.8, 4) is 5.75 Å². The maximum Gasteiger partial charge on any atom is 0.387 e. The topological polar surface area (TPSA) is 103 Å². The van der Waals surface area contributed by atoms with Crippen molar-refractivity contribution < 1.29 is 28.0 Å². The maximum atomic E-state index is 12.4. The van der Waals surface area contributed by atoms with Crippen LogP contribution in [-0.2, 0) is 4.74 Å². The molecule has 0 saturated carbocycles. The number of amides is 2. The molecule has 0 aliphatic carbocycles. The molecule has 1 fully saturated rings. The SMILES string of the molecule is C[C@@H](NC(=O)Nc1cc([N+](=O)[O-])ccc1OC(F)F)[C@H]1CCCO1. The van der Waals surface area contributed by atoms with Gasteiger partial charge in [0.05, 0.1) is 22.8 Å². The highest BCUT2D eigenvalue weighted by Gasteiger charge is 2.24. The first-order chi connectivity index (χ1) is 11.4. The number of ether oxygens (including phenoxy) is 2. The van der Waals surface area contributed by atoms with Crippen LogP contribution in [0, 0.1) is 10.1 Å². The summed E-state index contributed by atoms with van der Waals surface area (Å²) >= 11 is 0. The van der Waals surface area contributed by atoms with Crippen molar-refractivity contribution in [3.63, 3.8) is 0 Å². The van der Waals surface area contributed by atoms with Gasteiger partial charge in [-0.25, -0.2) is 4.79 Å². The number of urea groups is 1. The molecule has 2 N–H and O–H groups in total. The minimum atomic E-state index is -3.12. The Hall–Kier alpha value is -2.49. The molecule has 1 heterocycles. The van der Waals surface area contributed by atoms with Gasteiger partial charge in [-0.05, 0) is 25.8 Å². The first-order valence-corrected chi connectivity index (χ1v) is 7.29. The van der Waals surface area contributed by atoms with Crippen LogP contribution in [0.2, 0.25) is 0 Å². The number of halogens is 2. The molecule has 1 aliphatic heterocycles. The lowest BCUT2D eigenvalue weighted by molar-refractivity contribution is -0.384. The largest absolute Gasteiger partial charge is 0.433 e. The minimum Gasteiger partial charge on any atom is -0.433 e. The number of carbonyl (C=O) groups is 1. The van der Waals surface area contributed by atoms with Crippen LogP contribution < -0.4 is 15.4 Å². The van der Waals surface area contributed by atoms with Gasteiger partial charge in [0.25, 0.3) is 5.69 Å². The highest BCUT2D eigenvalue weighted by molar-refractivity contribution is 5.91. The number of rotatable bonds is 6. The molecule has 0 radical (unpaired) electrons. The van der Waals surface area contributed by atoms with Gasteiger partial charge in [-0.3, -0.25) is 10.1 Å². The van der Waals surface area contributed by atoms with E-state index in [2.05, 4.69) is 15.4 Å². The van der Waals surface area contributed by atoms with Crippen LogP contribution in [-0.4, -0.2) is 36.3 Å². The van der Waals surface area contributed by atoms with Crippen molar-refractivity contribution in [2.75, 3.05) is 11.9 Å². The molecule has 8 nitrogen and oxygen atoms in total. The number of non-ortho nitro benzene ring substituents is 1. The van der Waals surface area contributed by atoms with E-state index in [9.17, 15) is 23.7 Å². The molecule has 2 rings (SSSR count). The zero-order valence-corrected chi connectivity index (χ0v) is 12.8. The Labute approximate surface area is 136 Å². The van der Waals surface area contributed by atoms with Gasteiger partial charge >= 0.3 is 12.6 Å². The second-order valence-corrected chi connectivity index (χ2v) is 5.25. The monoisotopic (exact) mass is 345 g/mol. The molecule has 2 atom stereocenters. The van der Waals surface area contributed by atoms with Crippen LogP contribution in [0.1, 0.15) is 19.8 Å². The Morgan fingerprint density at radius 2 is 2.25 bits per heavy atom. The first kappa shape index (κ1) is 17.9. The number of carbonyl (C=O) groups excluding carboxylic acids is 1. The average Bonchev–Trinajstić information content (AvgIpc) is 3.02. The fourth-order valence-corrected chi connectivity index (χ4v) is 2.38. The van der Waals surface area contributed by atoms with Gasteiger partial charge in [0.2, 0.25) is 0 Å². The van der Waals surface area contributed by atoms with E-state index in [-0.39, 0.29) is 29.3 Å². The number of hydrogen-bond donors (Lipinski definition) is 2. The number of nitro groups is 1. The number of benzene rings is 1. The summed E-state index contributed by atoms with van der Waals surface area (Å²) in [5.41, 5.74) is -0.583. The minimum absolute atomic E-state index is 0.127. The zero-order valence-electron chi connectivity index (χ0n) is 12.8. The Kier molecular flexibility index (Phi) is 5.85. The lowest BCUT2D eigenvalue weighted by Gasteiger charge is -2.20. The Morgan fingerprint density at radius 3 is 2.83 bits per heavy atom. The second-order valence-electron chi connectivity index (χ2n) is 5.25. The summed E-state index contributed by atoms with van der Waals surface area (Å²) in [7, 11) is 0. The summed E-state index contributed by atoms with van der Waals surface area (Å²) in [6.07, 6.45) is 1.57. The standard InChI is InChI=1S/C14H17F2N3O5/c1-8(11-3-2-6-23-11)17-14(20)18-10-7-9(19(21)22)4-5-12(10)24-13(15)16/h4-5,7-8,11,13H,2-3,6H2,1H3,(H2,17,18,20)/t8-,11-/m1/s1. The van der Waals surface area contributed by atoms with Crippen LogP contribution in [0.3, 0.4) is 0 Å². The number of anilines is 1. The van der Waals surface area contributed by atoms with Gasteiger partial charge in [-0.15, -0.1) is 0 Å². The van der Waals surface area contributed by atoms with E-state index in [1.54, 1.807) is 6.92 Å². The summed E-state index contributed by atoms with van der Waals surface area (Å²) in [5.74, 6) is -0.365. The molecule has 0 spiro atoms. The van der Waals surface area contributed by atoms with Crippen LogP contribution in [0.25, 0.3) is 0 Å². The van der Waals surface area contributed by atoms with Crippen molar-refractivity contribution in [3.05, 3.63) is 28.3 Å². The third kappa shape index (κ3) is 4.75. The predicted octanol–water partition coefficient (Wildman–Crippen LogP) is 2.89.